The van der Waals surface area contributed by atoms with E-state index in [4.69, 9.17) is 12.2 Å². The molecule has 0 saturated heterocycles. The summed E-state index contributed by atoms with van der Waals surface area (Å²) in [4.78, 5) is 14.0. The molecule has 0 aliphatic heterocycles. The average molecular weight is 253 g/mol. The third-order valence-electron chi connectivity index (χ3n) is 2.57. The van der Waals surface area contributed by atoms with Crippen LogP contribution < -0.4 is 0 Å². The highest BCUT2D eigenvalue weighted by Gasteiger charge is 2.15. The van der Waals surface area contributed by atoms with E-state index in [9.17, 15) is 14.5 Å². The number of nitro benzene ring substituents is 1. The van der Waals surface area contributed by atoms with E-state index in [1.807, 2.05) is 0 Å². The molecule has 0 aliphatic rings. The van der Waals surface area contributed by atoms with Gasteiger partial charge in [0.2, 0.25) is 0 Å². The van der Waals surface area contributed by atoms with Gasteiger partial charge in [-0.1, -0.05) is 12.2 Å². The SMILES string of the molecule is Cc1nc(=S)c2cc([N+](=O)[O-])cc(F)c2n1C. The van der Waals surface area contributed by atoms with E-state index in [1.54, 1.807) is 14.0 Å². The van der Waals surface area contributed by atoms with Crippen LogP contribution in [0.25, 0.3) is 10.9 Å². The first kappa shape index (κ1) is 11.6. The molecule has 1 aromatic carbocycles. The third kappa shape index (κ3) is 1.78. The standard InChI is InChI=1S/C10H8FN3O2S/c1-5-12-10(17)7-3-6(14(15)16)4-8(11)9(7)13(5)2/h3-4H,1-2H3. The predicted molar refractivity (Wildman–Crippen MR) is 62.9 cm³/mol. The van der Waals surface area contributed by atoms with E-state index in [-0.39, 0.29) is 21.2 Å². The molecule has 1 heterocycles. The smallest absolute Gasteiger partial charge is 0.273 e. The van der Waals surface area contributed by atoms with Gasteiger partial charge >= 0.3 is 0 Å². The summed E-state index contributed by atoms with van der Waals surface area (Å²) in [5.41, 5.74) is -0.0974. The average Bonchev–Trinajstić information content (AvgIpc) is 2.25. The first-order valence-electron chi connectivity index (χ1n) is 4.73. The molecule has 2 aromatic rings. The van der Waals surface area contributed by atoms with Gasteiger partial charge in [0.25, 0.3) is 5.69 Å². The lowest BCUT2D eigenvalue weighted by Crippen LogP contribution is -2.04. The number of benzene rings is 1. The molecular weight excluding hydrogens is 245 g/mol. The van der Waals surface area contributed by atoms with Crippen molar-refractivity contribution in [2.45, 2.75) is 6.92 Å². The van der Waals surface area contributed by atoms with Crippen LogP contribution in [-0.4, -0.2) is 14.5 Å². The number of fused-ring (bicyclic) bond motifs is 1. The molecule has 17 heavy (non-hydrogen) atoms. The van der Waals surface area contributed by atoms with Crippen LogP contribution in [0.3, 0.4) is 0 Å². The van der Waals surface area contributed by atoms with Gasteiger partial charge in [-0.05, 0) is 6.92 Å². The molecule has 0 bridgehead atoms. The van der Waals surface area contributed by atoms with Crippen LogP contribution in [-0.2, 0) is 7.05 Å². The third-order valence-corrected chi connectivity index (χ3v) is 2.88. The van der Waals surface area contributed by atoms with Gasteiger partial charge in [-0.3, -0.25) is 10.1 Å². The maximum absolute atomic E-state index is 13.8. The molecule has 5 nitrogen and oxygen atoms in total. The van der Waals surface area contributed by atoms with Crippen molar-refractivity contribution in [3.8, 4) is 0 Å². The second-order valence-corrected chi connectivity index (χ2v) is 3.99. The number of non-ortho nitro benzene ring substituents is 1. The van der Waals surface area contributed by atoms with Crippen molar-refractivity contribution in [1.29, 1.82) is 0 Å². The summed E-state index contributed by atoms with van der Waals surface area (Å²) in [5, 5.41) is 10.9. The molecule has 2 rings (SSSR count). The molecular formula is C10H8FN3O2S. The molecule has 0 unspecified atom stereocenters. The molecule has 7 heteroatoms. The second-order valence-electron chi connectivity index (χ2n) is 3.60. The molecule has 0 aliphatic carbocycles. The van der Waals surface area contributed by atoms with Crippen molar-refractivity contribution in [2.24, 2.45) is 7.05 Å². The quantitative estimate of drug-likeness (QED) is 0.445. The summed E-state index contributed by atoms with van der Waals surface area (Å²) >= 11 is 4.99. The maximum atomic E-state index is 13.8. The fraction of sp³-hybridized carbons (Fsp3) is 0.200. The van der Waals surface area contributed by atoms with E-state index in [0.29, 0.717) is 5.82 Å². The summed E-state index contributed by atoms with van der Waals surface area (Å²) in [6.07, 6.45) is 0. The van der Waals surface area contributed by atoms with Crippen molar-refractivity contribution in [1.82, 2.24) is 9.55 Å². The summed E-state index contributed by atoms with van der Waals surface area (Å²) in [7, 11) is 1.63. The second kappa shape index (κ2) is 3.85. The number of halogens is 1. The van der Waals surface area contributed by atoms with Gasteiger partial charge in [0.1, 0.15) is 10.5 Å². The van der Waals surface area contributed by atoms with E-state index < -0.39 is 10.7 Å². The van der Waals surface area contributed by atoms with Crippen molar-refractivity contribution in [3.63, 3.8) is 0 Å². The van der Waals surface area contributed by atoms with E-state index in [0.717, 1.165) is 6.07 Å². The molecule has 0 amide bonds. The lowest BCUT2D eigenvalue weighted by atomic mass is 10.2. The Kier molecular flexibility index (Phi) is 2.62. The monoisotopic (exact) mass is 253 g/mol. The number of nitro groups is 1. The van der Waals surface area contributed by atoms with Gasteiger partial charge in [0.15, 0.2) is 5.82 Å². The summed E-state index contributed by atoms with van der Waals surface area (Å²) in [6, 6.07) is 2.13. The first-order chi connectivity index (χ1) is 7.91. The van der Waals surface area contributed by atoms with Crippen LogP contribution in [0.2, 0.25) is 0 Å². The van der Waals surface area contributed by atoms with Crippen LogP contribution in [0, 0.1) is 27.5 Å². The van der Waals surface area contributed by atoms with E-state index in [1.165, 1.54) is 10.6 Å². The van der Waals surface area contributed by atoms with Crippen LogP contribution >= 0.6 is 12.2 Å². The number of nitrogens with zero attached hydrogens (tertiary/aromatic N) is 3. The van der Waals surface area contributed by atoms with Crippen LogP contribution in [0.15, 0.2) is 12.1 Å². The number of hydrogen-bond acceptors (Lipinski definition) is 4. The Labute approximate surface area is 101 Å². The Morgan fingerprint density at radius 1 is 1.53 bits per heavy atom. The zero-order valence-corrected chi connectivity index (χ0v) is 9.92. The molecule has 0 radical (unpaired) electrons. The molecule has 88 valence electrons. The van der Waals surface area contributed by atoms with Crippen LogP contribution in [0.4, 0.5) is 10.1 Å². The largest absolute Gasteiger partial charge is 0.330 e. The highest BCUT2D eigenvalue weighted by Crippen LogP contribution is 2.24. The molecule has 0 spiro atoms. The van der Waals surface area contributed by atoms with E-state index in [2.05, 4.69) is 4.98 Å². The number of aryl methyl sites for hydroxylation is 2. The summed E-state index contributed by atoms with van der Waals surface area (Å²) in [5.74, 6) is -0.122. The van der Waals surface area contributed by atoms with Crippen LogP contribution in [0.5, 0.6) is 0 Å². The zero-order chi connectivity index (χ0) is 12.7. The van der Waals surface area contributed by atoms with Crippen molar-refractivity contribution in [3.05, 3.63) is 38.5 Å². The Morgan fingerprint density at radius 2 is 2.18 bits per heavy atom. The zero-order valence-electron chi connectivity index (χ0n) is 9.10. The Hall–Kier alpha value is -1.89. The number of rotatable bonds is 1. The first-order valence-corrected chi connectivity index (χ1v) is 5.14. The fourth-order valence-electron chi connectivity index (χ4n) is 1.64. The summed E-state index contributed by atoms with van der Waals surface area (Å²) in [6.45, 7) is 1.69. The van der Waals surface area contributed by atoms with Crippen LogP contribution in [0.1, 0.15) is 5.82 Å². The maximum Gasteiger partial charge on any atom is 0.273 e. The number of hydrogen-bond donors (Lipinski definition) is 0. The Balaban J connectivity index is 3.01. The van der Waals surface area contributed by atoms with Gasteiger partial charge in [-0.25, -0.2) is 9.37 Å². The van der Waals surface area contributed by atoms with E-state index >= 15 is 0 Å². The molecule has 0 saturated carbocycles. The minimum Gasteiger partial charge on any atom is -0.330 e. The highest BCUT2D eigenvalue weighted by molar-refractivity contribution is 7.71. The van der Waals surface area contributed by atoms with Crippen molar-refractivity contribution in [2.75, 3.05) is 0 Å². The van der Waals surface area contributed by atoms with Gasteiger partial charge in [-0.15, -0.1) is 0 Å². The lowest BCUT2D eigenvalue weighted by Gasteiger charge is -2.09. The van der Waals surface area contributed by atoms with Gasteiger partial charge < -0.3 is 4.57 Å². The van der Waals surface area contributed by atoms with Crippen molar-refractivity contribution >= 4 is 28.8 Å². The summed E-state index contributed by atoms with van der Waals surface area (Å²) < 4.78 is 15.5. The van der Waals surface area contributed by atoms with Gasteiger partial charge in [-0.2, -0.15) is 0 Å². The molecule has 0 N–H and O–H groups in total. The number of aromatic nitrogens is 2. The predicted octanol–water partition coefficient (Wildman–Crippen LogP) is 2.66. The minimum absolute atomic E-state index is 0.165. The van der Waals surface area contributed by atoms with Gasteiger partial charge in [0.05, 0.1) is 16.5 Å². The lowest BCUT2D eigenvalue weighted by molar-refractivity contribution is -0.384. The fourth-order valence-corrected chi connectivity index (χ4v) is 1.93. The minimum atomic E-state index is -0.673. The molecule has 0 fully saturated rings. The Bertz CT molecular complexity index is 696. The normalized spacial score (nSPS) is 10.8. The van der Waals surface area contributed by atoms with Gasteiger partial charge in [0, 0.05) is 18.5 Å². The van der Waals surface area contributed by atoms with Crippen molar-refractivity contribution < 1.29 is 9.31 Å². The molecule has 1 aromatic heterocycles. The molecule has 0 atom stereocenters. The highest BCUT2D eigenvalue weighted by atomic mass is 32.1. The Morgan fingerprint density at radius 3 is 2.76 bits per heavy atom. The topological polar surface area (TPSA) is 61.0 Å².